The minimum absolute atomic E-state index is 0.325. The molecule has 0 amide bonds. The number of carboxylic acids is 1. The first-order chi connectivity index (χ1) is 8.17. The molecule has 0 aliphatic heterocycles. The molecule has 90 valence electrons. The Balaban J connectivity index is 2.50. The zero-order valence-electron chi connectivity index (χ0n) is 9.67. The Bertz CT molecular complexity index is 545. The van der Waals surface area contributed by atoms with Gasteiger partial charge < -0.3 is 5.11 Å². The van der Waals surface area contributed by atoms with E-state index in [0.717, 1.165) is 17.2 Å². The Morgan fingerprint density at radius 3 is 2.82 bits per heavy atom. The van der Waals surface area contributed by atoms with E-state index in [1.54, 1.807) is 6.20 Å². The minimum Gasteiger partial charge on any atom is -0.477 e. The zero-order chi connectivity index (χ0) is 12.4. The first kappa shape index (κ1) is 11.8. The molecular formula is C11H13N3O2S. The number of thiazole rings is 1. The number of carboxylic acid groups (broad SMARTS) is 1. The van der Waals surface area contributed by atoms with Gasteiger partial charge in [0, 0.05) is 12.7 Å². The van der Waals surface area contributed by atoms with Gasteiger partial charge in [-0.15, -0.1) is 11.3 Å². The Morgan fingerprint density at radius 2 is 2.29 bits per heavy atom. The van der Waals surface area contributed by atoms with Gasteiger partial charge >= 0.3 is 5.97 Å². The number of nitrogens with zero attached hydrogens (tertiary/aromatic N) is 3. The third-order valence-electron chi connectivity index (χ3n) is 2.46. The quantitative estimate of drug-likeness (QED) is 0.905. The van der Waals surface area contributed by atoms with Gasteiger partial charge in [0.15, 0.2) is 0 Å². The van der Waals surface area contributed by atoms with Crippen LogP contribution in [0.2, 0.25) is 0 Å². The highest BCUT2D eigenvalue weighted by Crippen LogP contribution is 2.28. The Morgan fingerprint density at radius 1 is 1.53 bits per heavy atom. The van der Waals surface area contributed by atoms with Crippen molar-refractivity contribution in [3.8, 4) is 10.7 Å². The van der Waals surface area contributed by atoms with Gasteiger partial charge in [0.25, 0.3) is 0 Å². The predicted octanol–water partition coefficient (Wildman–Crippen LogP) is 2.29. The van der Waals surface area contributed by atoms with Crippen molar-refractivity contribution >= 4 is 17.3 Å². The second-order valence-corrected chi connectivity index (χ2v) is 4.48. The Kier molecular flexibility index (Phi) is 3.23. The van der Waals surface area contributed by atoms with Crippen molar-refractivity contribution in [2.75, 3.05) is 0 Å². The number of hydrogen-bond donors (Lipinski definition) is 1. The van der Waals surface area contributed by atoms with Crippen LogP contribution in [0.15, 0.2) is 12.3 Å². The van der Waals surface area contributed by atoms with Gasteiger partial charge in [0.2, 0.25) is 0 Å². The summed E-state index contributed by atoms with van der Waals surface area (Å²) in [7, 11) is 0. The fourth-order valence-electron chi connectivity index (χ4n) is 1.63. The molecule has 2 aromatic heterocycles. The van der Waals surface area contributed by atoms with Crippen LogP contribution in [0.1, 0.15) is 29.2 Å². The zero-order valence-corrected chi connectivity index (χ0v) is 10.5. The summed E-state index contributed by atoms with van der Waals surface area (Å²) in [6.45, 7) is 4.64. The van der Waals surface area contributed by atoms with Gasteiger partial charge in [-0.3, -0.25) is 4.68 Å². The molecule has 0 bridgehead atoms. The molecule has 5 nitrogen and oxygen atoms in total. The van der Waals surface area contributed by atoms with Crippen LogP contribution in [0, 0.1) is 0 Å². The summed E-state index contributed by atoms with van der Waals surface area (Å²) in [5.41, 5.74) is 1.51. The van der Waals surface area contributed by atoms with E-state index in [1.165, 1.54) is 11.3 Å². The molecule has 0 atom stereocenters. The van der Waals surface area contributed by atoms with E-state index in [0.29, 0.717) is 17.0 Å². The molecule has 6 heteroatoms. The van der Waals surface area contributed by atoms with E-state index in [2.05, 4.69) is 10.1 Å². The van der Waals surface area contributed by atoms with Gasteiger partial charge in [-0.25, -0.2) is 9.78 Å². The normalized spacial score (nSPS) is 10.7. The predicted molar refractivity (Wildman–Crippen MR) is 65.3 cm³/mol. The topological polar surface area (TPSA) is 68.0 Å². The van der Waals surface area contributed by atoms with Crippen molar-refractivity contribution in [1.29, 1.82) is 0 Å². The SMILES string of the molecule is CCc1nc(-c2ccnn2CC)sc1C(=O)O. The molecule has 0 unspecified atom stereocenters. The molecule has 2 heterocycles. The van der Waals surface area contributed by atoms with Crippen LogP contribution in [0.4, 0.5) is 0 Å². The lowest BCUT2D eigenvalue weighted by Gasteiger charge is -1.99. The van der Waals surface area contributed by atoms with Gasteiger partial charge in [0.05, 0.1) is 11.4 Å². The summed E-state index contributed by atoms with van der Waals surface area (Å²) in [5, 5.41) is 14.0. The van der Waals surface area contributed by atoms with E-state index in [4.69, 9.17) is 5.11 Å². The van der Waals surface area contributed by atoms with Crippen LogP contribution in [-0.4, -0.2) is 25.8 Å². The summed E-state index contributed by atoms with van der Waals surface area (Å²) in [4.78, 5) is 15.8. The third-order valence-corrected chi connectivity index (χ3v) is 3.57. The first-order valence-electron chi connectivity index (χ1n) is 5.42. The fourth-order valence-corrected chi connectivity index (χ4v) is 2.66. The van der Waals surface area contributed by atoms with E-state index >= 15 is 0 Å². The summed E-state index contributed by atoms with van der Waals surface area (Å²) in [5.74, 6) is -0.909. The highest BCUT2D eigenvalue weighted by Gasteiger charge is 2.18. The molecule has 2 rings (SSSR count). The molecule has 0 radical (unpaired) electrons. The smallest absolute Gasteiger partial charge is 0.347 e. The largest absolute Gasteiger partial charge is 0.477 e. The first-order valence-corrected chi connectivity index (χ1v) is 6.24. The highest BCUT2D eigenvalue weighted by molar-refractivity contribution is 7.17. The molecule has 2 aromatic rings. The van der Waals surface area contributed by atoms with Crippen molar-refractivity contribution in [3.63, 3.8) is 0 Å². The number of aryl methyl sites for hydroxylation is 2. The molecule has 0 aliphatic carbocycles. The van der Waals surface area contributed by atoms with Gasteiger partial charge in [-0.2, -0.15) is 5.10 Å². The summed E-state index contributed by atoms with van der Waals surface area (Å²) < 4.78 is 1.81. The number of carbonyl (C=O) groups is 1. The average molecular weight is 251 g/mol. The van der Waals surface area contributed by atoms with Gasteiger partial charge in [0.1, 0.15) is 9.88 Å². The van der Waals surface area contributed by atoms with E-state index < -0.39 is 5.97 Å². The number of aromatic nitrogens is 3. The monoisotopic (exact) mass is 251 g/mol. The lowest BCUT2D eigenvalue weighted by atomic mass is 10.3. The van der Waals surface area contributed by atoms with Gasteiger partial charge in [-0.1, -0.05) is 6.92 Å². The summed E-state index contributed by atoms with van der Waals surface area (Å²) in [6.07, 6.45) is 2.32. The minimum atomic E-state index is -0.909. The number of hydrogen-bond acceptors (Lipinski definition) is 4. The van der Waals surface area contributed by atoms with Crippen LogP contribution < -0.4 is 0 Å². The van der Waals surface area contributed by atoms with Crippen molar-refractivity contribution in [2.45, 2.75) is 26.8 Å². The standard InChI is InChI=1S/C11H13N3O2S/c1-3-7-9(11(15)16)17-10(13-7)8-5-6-12-14(8)4-2/h5-6H,3-4H2,1-2H3,(H,15,16). The summed E-state index contributed by atoms with van der Waals surface area (Å²) in [6, 6.07) is 1.85. The van der Waals surface area contributed by atoms with Gasteiger partial charge in [-0.05, 0) is 19.4 Å². The third kappa shape index (κ3) is 2.08. The fraction of sp³-hybridized carbons (Fsp3) is 0.364. The van der Waals surface area contributed by atoms with Crippen LogP contribution in [-0.2, 0) is 13.0 Å². The van der Waals surface area contributed by atoms with E-state index in [-0.39, 0.29) is 0 Å². The maximum absolute atomic E-state index is 11.1. The molecule has 0 saturated heterocycles. The summed E-state index contributed by atoms with van der Waals surface area (Å²) >= 11 is 1.21. The molecule has 0 saturated carbocycles. The van der Waals surface area contributed by atoms with Crippen LogP contribution >= 0.6 is 11.3 Å². The van der Waals surface area contributed by atoms with Crippen LogP contribution in [0.5, 0.6) is 0 Å². The Hall–Kier alpha value is -1.69. The second kappa shape index (κ2) is 4.67. The van der Waals surface area contributed by atoms with Crippen LogP contribution in [0.25, 0.3) is 10.7 Å². The van der Waals surface area contributed by atoms with E-state index in [9.17, 15) is 4.79 Å². The molecule has 17 heavy (non-hydrogen) atoms. The highest BCUT2D eigenvalue weighted by atomic mass is 32.1. The van der Waals surface area contributed by atoms with Crippen molar-refractivity contribution in [1.82, 2.24) is 14.8 Å². The maximum atomic E-state index is 11.1. The molecule has 0 aromatic carbocycles. The molecule has 0 aliphatic rings. The van der Waals surface area contributed by atoms with Crippen molar-refractivity contribution in [2.24, 2.45) is 0 Å². The molecule has 1 N–H and O–H groups in total. The van der Waals surface area contributed by atoms with E-state index in [1.807, 2.05) is 24.6 Å². The lowest BCUT2D eigenvalue weighted by molar-refractivity contribution is 0.0701. The molecular weight excluding hydrogens is 238 g/mol. The van der Waals surface area contributed by atoms with Crippen molar-refractivity contribution < 1.29 is 9.90 Å². The lowest BCUT2D eigenvalue weighted by Crippen LogP contribution is -1.98. The van der Waals surface area contributed by atoms with Crippen LogP contribution in [0.3, 0.4) is 0 Å². The second-order valence-electron chi connectivity index (χ2n) is 3.49. The molecule has 0 spiro atoms. The average Bonchev–Trinajstić information content (AvgIpc) is 2.94. The number of aromatic carboxylic acids is 1. The Labute approximate surface area is 103 Å². The van der Waals surface area contributed by atoms with Crippen molar-refractivity contribution in [3.05, 3.63) is 22.8 Å². The molecule has 0 fully saturated rings. The number of rotatable bonds is 4. The maximum Gasteiger partial charge on any atom is 0.347 e.